The Kier molecular flexibility index (Phi) is 11.1. The van der Waals surface area contributed by atoms with Crippen molar-refractivity contribution in [1.29, 1.82) is 0 Å². The number of aryl methyl sites for hydroxylation is 1. The number of hydrogen-bond acceptors (Lipinski definition) is 7. The van der Waals surface area contributed by atoms with Gasteiger partial charge in [0.2, 0.25) is 11.8 Å². The lowest BCUT2D eigenvalue weighted by Gasteiger charge is -2.32. The van der Waals surface area contributed by atoms with E-state index in [1.54, 1.807) is 31.2 Å². The Balaban J connectivity index is 2.15. The van der Waals surface area contributed by atoms with Crippen molar-refractivity contribution < 1.29 is 27.7 Å². The molecule has 0 aliphatic heterocycles. The van der Waals surface area contributed by atoms with Crippen molar-refractivity contribution in [1.82, 2.24) is 10.2 Å². The summed E-state index contributed by atoms with van der Waals surface area (Å²) in [6, 6.07) is 15.6. The summed E-state index contributed by atoms with van der Waals surface area (Å²) in [6.07, 6.45) is 0.675. The maximum absolute atomic E-state index is 14.2. The topological polar surface area (TPSA) is 139 Å². The van der Waals surface area contributed by atoms with Gasteiger partial charge in [0.25, 0.3) is 15.7 Å². The fraction of sp³-hybridized carbons (Fsp3) is 0.333. The molecule has 3 rings (SSSR count). The Morgan fingerprint density at radius 1 is 1.07 bits per heavy atom. The van der Waals surface area contributed by atoms with Gasteiger partial charge in [-0.25, -0.2) is 8.42 Å². The van der Waals surface area contributed by atoms with Gasteiger partial charge in [-0.1, -0.05) is 54.9 Å². The molecule has 1 N–H and O–H groups in total. The van der Waals surface area contributed by atoms with Gasteiger partial charge in [0.1, 0.15) is 18.3 Å². The van der Waals surface area contributed by atoms with Crippen molar-refractivity contribution >= 4 is 44.8 Å². The Labute approximate surface area is 256 Å². The van der Waals surface area contributed by atoms with Crippen molar-refractivity contribution in [2.45, 2.75) is 57.6 Å². The molecule has 0 saturated carbocycles. The molecule has 0 aliphatic rings. The van der Waals surface area contributed by atoms with Crippen molar-refractivity contribution in [3.63, 3.8) is 0 Å². The van der Waals surface area contributed by atoms with E-state index in [1.165, 1.54) is 49.3 Å². The number of halogens is 1. The Bertz CT molecular complexity index is 1580. The van der Waals surface area contributed by atoms with Crippen LogP contribution in [-0.4, -0.2) is 55.8 Å². The van der Waals surface area contributed by atoms with E-state index in [2.05, 4.69) is 5.32 Å². The predicted molar refractivity (Wildman–Crippen MR) is 165 cm³/mol. The molecule has 0 unspecified atom stereocenters. The van der Waals surface area contributed by atoms with Crippen LogP contribution < -0.4 is 14.4 Å². The summed E-state index contributed by atoms with van der Waals surface area (Å²) in [4.78, 5) is 39.1. The van der Waals surface area contributed by atoms with Gasteiger partial charge in [-0.2, -0.15) is 0 Å². The number of carbonyl (C=O) groups is 2. The lowest BCUT2D eigenvalue weighted by Crippen LogP contribution is -2.52. The molecular formula is C30H35ClN4O7S. The Morgan fingerprint density at radius 2 is 1.74 bits per heavy atom. The van der Waals surface area contributed by atoms with Gasteiger partial charge in [-0.05, 0) is 57.0 Å². The summed E-state index contributed by atoms with van der Waals surface area (Å²) in [6.45, 7) is 6.08. The van der Waals surface area contributed by atoms with E-state index in [9.17, 15) is 28.1 Å². The molecule has 2 amide bonds. The van der Waals surface area contributed by atoms with Crippen LogP contribution in [0.15, 0.2) is 71.6 Å². The second-order valence-electron chi connectivity index (χ2n) is 10.0. The first-order valence-corrected chi connectivity index (χ1v) is 15.4. The van der Waals surface area contributed by atoms with E-state index in [4.69, 9.17) is 16.3 Å². The Morgan fingerprint density at radius 3 is 2.35 bits per heavy atom. The molecule has 0 aromatic heterocycles. The highest BCUT2D eigenvalue weighted by molar-refractivity contribution is 7.92. The smallest absolute Gasteiger partial charge is 0.273 e. The Hall–Kier alpha value is -4.16. The number of ether oxygens (including phenoxy) is 1. The quantitative estimate of drug-likeness (QED) is 0.205. The van der Waals surface area contributed by atoms with Crippen molar-refractivity contribution in [2.24, 2.45) is 0 Å². The van der Waals surface area contributed by atoms with Crippen LogP contribution in [0.1, 0.15) is 38.3 Å². The summed E-state index contributed by atoms with van der Waals surface area (Å²) < 4.78 is 34.5. The third kappa shape index (κ3) is 8.02. The third-order valence-electron chi connectivity index (χ3n) is 7.02. The van der Waals surface area contributed by atoms with Crippen molar-refractivity contribution in [3.05, 3.63) is 93.0 Å². The number of benzene rings is 3. The molecule has 0 aliphatic carbocycles. The molecule has 0 radical (unpaired) electrons. The molecule has 2 atom stereocenters. The highest BCUT2D eigenvalue weighted by Crippen LogP contribution is 2.36. The van der Waals surface area contributed by atoms with Gasteiger partial charge in [0.05, 0.1) is 22.6 Å². The zero-order valence-electron chi connectivity index (χ0n) is 24.6. The lowest BCUT2D eigenvalue weighted by molar-refractivity contribution is -0.385. The summed E-state index contributed by atoms with van der Waals surface area (Å²) in [5, 5.41) is 14.7. The van der Waals surface area contributed by atoms with E-state index in [1.807, 2.05) is 19.9 Å². The second-order valence-corrected chi connectivity index (χ2v) is 12.3. The van der Waals surface area contributed by atoms with E-state index in [-0.39, 0.29) is 34.6 Å². The summed E-state index contributed by atoms with van der Waals surface area (Å²) in [7, 11) is -3.27. The minimum Gasteiger partial charge on any atom is -0.495 e. The minimum atomic E-state index is -4.60. The number of nitrogens with one attached hydrogen (secondary N) is 1. The number of nitrogens with zero attached hydrogens (tertiary/aromatic N) is 3. The van der Waals surface area contributed by atoms with Crippen molar-refractivity contribution in [3.8, 4) is 5.75 Å². The molecule has 43 heavy (non-hydrogen) atoms. The summed E-state index contributed by atoms with van der Waals surface area (Å²) in [5.41, 5.74) is 0.541. The predicted octanol–water partition coefficient (Wildman–Crippen LogP) is 5.09. The third-order valence-corrected chi connectivity index (χ3v) is 9.01. The fourth-order valence-electron chi connectivity index (χ4n) is 4.27. The number of rotatable bonds is 13. The summed E-state index contributed by atoms with van der Waals surface area (Å²) >= 11 is 6.25. The fourth-order valence-corrected chi connectivity index (χ4v) is 5.88. The molecule has 0 heterocycles. The molecule has 230 valence electrons. The van der Waals surface area contributed by atoms with Crippen LogP contribution in [0.2, 0.25) is 5.02 Å². The number of methoxy groups -OCH3 is 1. The first-order valence-electron chi connectivity index (χ1n) is 13.5. The van der Waals surface area contributed by atoms with Crippen LogP contribution in [0.25, 0.3) is 0 Å². The average molecular weight is 631 g/mol. The monoisotopic (exact) mass is 630 g/mol. The minimum absolute atomic E-state index is 0.0192. The molecule has 13 heteroatoms. The van der Waals surface area contributed by atoms with Gasteiger partial charge in [0.15, 0.2) is 0 Å². The zero-order chi connectivity index (χ0) is 31.9. The van der Waals surface area contributed by atoms with Gasteiger partial charge in [0, 0.05) is 29.2 Å². The maximum Gasteiger partial charge on any atom is 0.273 e. The van der Waals surface area contributed by atoms with Crippen LogP contribution in [0.5, 0.6) is 5.75 Å². The number of sulfonamides is 1. The summed E-state index contributed by atoms with van der Waals surface area (Å²) in [5.74, 6) is -0.995. The van der Waals surface area contributed by atoms with Crippen LogP contribution >= 0.6 is 11.6 Å². The van der Waals surface area contributed by atoms with Gasteiger partial charge >= 0.3 is 0 Å². The maximum atomic E-state index is 14.2. The van der Waals surface area contributed by atoms with Crippen LogP contribution in [0.4, 0.5) is 11.4 Å². The van der Waals surface area contributed by atoms with E-state index in [0.717, 1.165) is 15.9 Å². The number of anilines is 1. The number of carbonyl (C=O) groups excluding carboxylic acids is 2. The normalized spacial score (nSPS) is 12.6. The van der Waals surface area contributed by atoms with E-state index < -0.39 is 49.9 Å². The SMILES string of the molecule is CC[C@@H](C)NC(=O)[C@H](C)N(Cc1ccccc1)C(=O)CN(c1cc(Cl)ccc1OC)S(=O)(=O)c1ccc(C)c([N+](=O)[O-])c1. The molecule has 11 nitrogen and oxygen atoms in total. The molecule has 3 aromatic carbocycles. The van der Waals surface area contributed by atoms with Crippen LogP contribution in [0.3, 0.4) is 0 Å². The molecule has 3 aromatic rings. The molecule has 0 bridgehead atoms. The number of hydrogen-bond donors (Lipinski definition) is 1. The van der Waals surface area contributed by atoms with E-state index >= 15 is 0 Å². The lowest BCUT2D eigenvalue weighted by atomic mass is 10.1. The van der Waals surface area contributed by atoms with Crippen molar-refractivity contribution in [2.75, 3.05) is 18.0 Å². The second kappa shape index (κ2) is 14.3. The first kappa shape index (κ1) is 33.3. The first-order chi connectivity index (χ1) is 20.3. The molecular weight excluding hydrogens is 596 g/mol. The van der Waals surface area contributed by atoms with E-state index in [0.29, 0.717) is 6.42 Å². The van der Waals surface area contributed by atoms with Crippen LogP contribution in [0, 0.1) is 17.0 Å². The van der Waals surface area contributed by atoms with Crippen LogP contribution in [-0.2, 0) is 26.2 Å². The standard InChI is InChI=1S/C30H35ClN4O7S/c1-6-21(3)32-30(37)22(4)33(18-23-10-8-7-9-11-23)29(36)19-34(27-16-24(31)13-15-28(27)42-5)43(40,41)25-14-12-20(2)26(17-25)35(38)39/h7-17,21-22H,6,18-19H2,1-5H3,(H,32,37)/t21-,22+/m1/s1. The number of nitro groups is 1. The van der Waals surface area contributed by atoms with Gasteiger partial charge in [-0.15, -0.1) is 0 Å². The van der Waals surface area contributed by atoms with Gasteiger partial charge in [-0.3, -0.25) is 24.0 Å². The average Bonchev–Trinajstić information content (AvgIpc) is 2.98. The largest absolute Gasteiger partial charge is 0.495 e. The molecule has 0 spiro atoms. The molecule has 0 fully saturated rings. The molecule has 0 saturated heterocycles. The zero-order valence-corrected chi connectivity index (χ0v) is 26.2. The highest BCUT2D eigenvalue weighted by Gasteiger charge is 2.35. The highest BCUT2D eigenvalue weighted by atomic mass is 35.5. The number of amides is 2. The van der Waals surface area contributed by atoms with Gasteiger partial charge < -0.3 is 15.0 Å². The number of nitro benzene ring substituents is 1.